The van der Waals surface area contributed by atoms with Crippen molar-refractivity contribution in [2.45, 2.75) is 30.5 Å². The van der Waals surface area contributed by atoms with Crippen LogP contribution in [0, 0.1) is 12.8 Å². The van der Waals surface area contributed by atoms with E-state index < -0.39 is 10.0 Å². The molecule has 20 heavy (non-hydrogen) atoms. The fourth-order valence-electron chi connectivity index (χ4n) is 2.56. The zero-order chi connectivity index (χ0) is 14.8. The highest BCUT2D eigenvalue weighted by molar-refractivity contribution is 7.91. The van der Waals surface area contributed by atoms with Gasteiger partial charge in [-0.15, -0.1) is 11.3 Å². The number of aryl methyl sites for hydroxylation is 1. The van der Waals surface area contributed by atoms with Crippen LogP contribution in [0.3, 0.4) is 0 Å². The van der Waals surface area contributed by atoms with Crippen LogP contribution < -0.4 is 5.73 Å². The molecule has 0 bridgehead atoms. The first-order valence-electron chi connectivity index (χ1n) is 6.77. The normalized spacial score (nSPS) is 21.2. The summed E-state index contributed by atoms with van der Waals surface area (Å²) < 4.78 is 32.5. The fourth-order valence-corrected chi connectivity index (χ4v) is 5.74. The summed E-state index contributed by atoms with van der Waals surface area (Å²) in [7, 11) is -1.73. The molecule has 7 heteroatoms. The van der Waals surface area contributed by atoms with E-state index in [1.807, 2.05) is 6.92 Å². The Morgan fingerprint density at radius 1 is 1.55 bits per heavy atom. The topological polar surface area (TPSA) is 72.6 Å². The molecule has 2 rings (SSSR count). The summed E-state index contributed by atoms with van der Waals surface area (Å²) in [4.78, 5) is 0.939. The van der Waals surface area contributed by atoms with E-state index in [1.54, 1.807) is 17.5 Å². The molecule has 0 radical (unpaired) electrons. The number of nitrogens with two attached hydrogens (primary N) is 1. The summed E-state index contributed by atoms with van der Waals surface area (Å²) in [5, 5.41) is 0. The molecule has 1 unspecified atom stereocenters. The van der Waals surface area contributed by atoms with Crippen molar-refractivity contribution in [3.8, 4) is 0 Å². The Balaban J connectivity index is 2.20. The molecule has 2 N–H and O–H groups in total. The molecule has 0 amide bonds. The van der Waals surface area contributed by atoms with E-state index in [2.05, 4.69) is 0 Å². The summed E-state index contributed by atoms with van der Waals surface area (Å²) in [6.07, 6.45) is 1.92. The number of sulfonamides is 1. The van der Waals surface area contributed by atoms with Gasteiger partial charge < -0.3 is 10.5 Å². The van der Waals surface area contributed by atoms with E-state index in [0.717, 1.165) is 23.3 Å². The number of hydrogen-bond acceptors (Lipinski definition) is 5. The number of hydrogen-bond donors (Lipinski definition) is 1. The maximum atomic E-state index is 12.7. The molecule has 1 aromatic heterocycles. The third kappa shape index (κ3) is 3.23. The molecular weight excluding hydrogens is 296 g/mol. The second-order valence-corrected chi connectivity index (χ2v) is 8.50. The van der Waals surface area contributed by atoms with Crippen LogP contribution in [-0.4, -0.2) is 39.5 Å². The number of rotatable bonds is 5. The van der Waals surface area contributed by atoms with Gasteiger partial charge in [-0.05, 0) is 37.3 Å². The standard InChI is InChI=1S/C13H22N2O3S2/c1-10-6-13(19-12(10)7-14)20(16,17)15-5-3-4-11(8-15)9-18-2/h6,11H,3-5,7-9,14H2,1-2H3. The average Bonchev–Trinajstić information content (AvgIpc) is 2.81. The molecule has 1 atom stereocenters. The minimum Gasteiger partial charge on any atom is -0.384 e. The second kappa shape index (κ2) is 6.53. The summed E-state index contributed by atoms with van der Waals surface area (Å²) in [6, 6.07) is 1.74. The van der Waals surface area contributed by atoms with Gasteiger partial charge in [0.05, 0.1) is 6.61 Å². The summed E-state index contributed by atoms with van der Waals surface area (Å²) in [5.74, 6) is 0.290. The van der Waals surface area contributed by atoms with E-state index in [0.29, 0.717) is 36.4 Å². The lowest BCUT2D eigenvalue weighted by molar-refractivity contribution is 0.118. The van der Waals surface area contributed by atoms with Gasteiger partial charge in [0.15, 0.2) is 0 Å². The first-order valence-corrected chi connectivity index (χ1v) is 9.03. The Morgan fingerprint density at radius 3 is 2.90 bits per heavy atom. The highest BCUT2D eigenvalue weighted by atomic mass is 32.2. The number of nitrogens with zero attached hydrogens (tertiary/aromatic N) is 1. The van der Waals surface area contributed by atoms with E-state index in [4.69, 9.17) is 10.5 Å². The first kappa shape index (κ1) is 15.9. The van der Waals surface area contributed by atoms with Gasteiger partial charge in [0.2, 0.25) is 0 Å². The number of ether oxygens (including phenoxy) is 1. The van der Waals surface area contributed by atoms with Crippen molar-refractivity contribution >= 4 is 21.4 Å². The van der Waals surface area contributed by atoms with Crippen LogP contribution in [0.5, 0.6) is 0 Å². The van der Waals surface area contributed by atoms with Gasteiger partial charge in [-0.2, -0.15) is 4.31 Å². The zero-order valence-electron chi connectivity index (χ0n) is 12.0. The summed E-state index contributed by atoms with van der Waals surface area (Å²) in [5.41, 5.74) is 6.59. The molecule has 0 aromatic carbocycles. The molecule has 5 nitrogen and oxygen atoms in total. The van der Waals surface area contributed by atoms with Crippen molar-refractivity contribution in [3.63, 3.8) is 0 Å². The van der Waals surface area contributed by atoms with Crippen molar-refractivity contribution in [1.82, 2.24) is 4.31 Å². The number of piperidine rings is 1. The van der Waals surface area contributed by atoms with Gasteiger partial charge in [-0.25, -0.2) is 8.42 Å². The van der Waals surface area contributed by atoms with E-state index in [-0.39, 0.29) is 0 Å². The van der Waals surface area contributed by atoms with Gasteiger partial charge in [0.25, 0.3) is 10.0 Å². The SMILES string of the molecule is COCC1CCCN(S(=O)(=O)c2cc(C)c(CN)s2)C1. The van der Waals surface area contributed by atoms with Crippen LogP contribution in [-0.2, 0) is 21.3 Å². The molecule has 1 aliphatic rings. The van der Waals surface area contributed by atoms with Crippen molar-refractivity contribution < 1.29 is 13.2 Å². The van der Waals surface area contributed by atoms with E-state index in [1.165, 1.54) is 11.3 Å². The summed E-state index contributed by atoms with van der Waals surface area (Å²) in [6.45, 7) is 4.05. The second-order valence-electron chi connectivity index (χ2n) is 5.20. The first-order chi connectivity index (χ1) is 9.48. The summed E-state index contributed by atoms with van der Waals surface area (Å²) >= 11 is 1.29. The smallest absolute Gasteiger partial charge is 0.252 e. The Kier molecular flexibility index (Phi) is 5.19. The van der Waals surface area contributed by atoms with Crippen molar-refractivity contribution in [1.29, 1.82) is 0 Å². The Hall–Kier alpha value is -0.470. The molecule has 1 aromatic rings. The quantitative estimate of drug-likeness (QED) is 0.894. The number of methoxy groups -OCH3 is 1. The molecule has 114 valence electrons. The lowest BCUT2D eigenvalue weighted by Crippen LogP contribution is -2.40. The Labute approximate surface area is 124 Å². The molecule has 0 spiro atoms. The van der Waals surface area contributed by atoms with Crippen molar-refractivity contribution in [2.24, 2.45) is 11.7 Å². The third-order valence-electron chi connectivity index (χ3n) is 3.66. The molecule has 1 fully saturated rings. The lowest BCUT2D eigenvalue weighted by atomic mass is 10.0. The highest BCUT2D eigenvalue weighted by Gasteiger charge is 2.31. The number of thiophene rings is 1. The minimum atomic E-state index is -3.38. The van der Waals surface area contributed by atoms with Crippen LogP contribution >= 0.6 is 11.3 Å². The molecular formula is C13H22N2O3S2. The van der Waals surface area contributed by atoms with Gasteiger partial charge in [-0.3, -0.25) is 0 Å². The molecule has 0 saturated carbocycles. The Morgan fingerprint density at radius 2 is 2.30 bits per heavy atom. The van der Waals surface area contributed by atoms with Crippen LogP contribution in [0.15, 0.2) is 10.3 Å². The van der Waals surface area contributed by atoms with Crippen LogP contribution in [0.4, 0.5) is 0 Å². The Bertz CT molecular complexity index is 552. The molecule has 1 saturated heterocycles. The van der Waals surface area contributed by atoms with Gasteiger partial charge in [0.1, 0.15) is 4.21 Å². The largest absolute Gasteiger partial charge is 0.384 e. The maximum Gasteiger partial charge on any atom is 0.252 e. The molecule has 1 aliphatic heterocycles. The van der Waals surface area contributed by atoms with Crippen LogP contribution in [0.2, 0.25) is 0 Å². The zero-order valence-corrected chi connectivity index (χ0v) is 13.6. The molecule has 0 aliphatic carbocycles. The van der Waals surface area contributed by atoms with Crippen LogP contribution in [0.25, 0.3) is 0 Å². The van der Waals surface area contributed by atoms with Gasteiger partial charge in [-0.1, -0.05) is 0 Å². The minimum absolute atomic E-state index is 0.290. The predicted octanol–water partition coefficient (Wildman–Crippen LogP) is 1.56. The van der Waals surface area contributed by atoms with Crippen molar-refractivity contribution in [3.05, 3.63) is 16.5 Å². The van der Waals surface area contributed by atoms with Gasteiger partial charge in [0, 0.05) is 31.6 Å². The van der Waals surface area contributed by atoms with E-state index in [9.17, 15) is 8.42 Å². The van der Waals surface area contributed by atoms with Crippen molar-refractivity contribution in [2.75, 3.05) is 26.8 Å². The third-order valence-corrected chi connectivity index (χ3v) is 7.24. The highest BCUT2D eigenvalue weighted by Crippen LogP contribution is 2.30. The predicted molar refractivity (Wildman–Crippen MR) is 80.3 cm³/mol. The van der Waals surface area contributed by atoms with Crippen LogP contribution in [0.1, 0.15) is 23.3 Å². The maximum absolute atomic E-state index is 12.7. The average molecular weight is 318 g/mol. The van der Waals surface area contributed by atoms with Gasteiger partial charge >= 0.3 is 0 Å². The molecule has 2 heterocycles. The van der Waals surface area contributed by atoms with E-state index >= 15 is 0 Å². The lowest BCUT2D eigenvalue weighted by Gasteiger charge is -2.31. The fraction of sp³-hybridized carbons (Fsp3) is 0.692. The monoisotopic (exact) mass is 318 g/mol.